The molecule has 32 heavy (non-hydrogen) atoms. The van der Waals surface area contributed by atoms with Gasteiger partial charge in [-0.1, -0.05) is 29.3 Å². The van der Waals surface area contributed by atoms with Gasteiger partial charge in [-0.15, -0.1) is 0 Å². The third kappa shape index (κ3) is 3.60. The summed E-state index contributed by atoms with van der Waals surface area (Å²) in [6.07, 6.45) is 1.19. The number of rotatable bonds is 4. The van der Waals surface area contributed by atoms with Gasteiger partial charge in [-0.2, -0.15) is 4.98 Å². The van der Waals surface area contributed by atoms with Crippen LogP contribution in [-0.2, 0) is 0 Å². The van der Waals surface area contributed by atoms with E-state index >= 15 is 0 Å². The van der Waals surface area contributed by atoms with Gasteiger partial charge in [0, 0.05) is 30.7 Å². The van der Waals surface area contributed by atoms with E-state index < -0.39 is 5.69 Å². The van der Waals surface area contributed by atoms with Crippen LogP contribution >= 0.6 is 23.2 Å². The van der Waals surface area contributed by atoms with E-state index in [0.29, 0.717) is 18.5 Å². The standard InChI is InChI=1S/C21H17Cl2N7O2/c22-15-2-1-3-16(23)17(15)30-18(24)14-8-25-20(27-19(14)28-21(30)32)26-11-4-6-12(7-5-11)29-9-13(31)10-29/h1-8,13,24,31H,9-10H2,(H2,25,26,27,28,32). The molecule has 0 amide bonds. The number of nitrogens with zero attached hydrogens (tertiary/aromatic N) is 4. The summed E-state index contributed by atoms with van der Waals surface area (Å²) in [5.41, 5.74) is 1.49. The van der Waals surface area contributed by atoms with Crippen molar-refractivity contribution in [2.24, 2.45) is 0 Å². The van der Waals surface area contributed by atoms with Gasteiger partial charge in [0.25, 0.3) is 0 Å². The zero-order valence-electron chi connectivity index (χ0n) is 16.5. The number of aliphatic hydroxyl groups is 1. The van der Waals surface area contributed by atoms with E-state index in [1.807, 2.05) is 24.3 Å². The summed E-state index contributed by atoms with van der Waals surface area (Å²) in [7, 11) is 0. The summed E-state index contributed by atoms with van der Waals surface area (Å²) in [5.74, 6) is 0.271. The van der Waals surface area contributed by atoms with Crippen molar-refractivity contribution in [1.82, 2.24) is 19.5 Å². The number of hydrogen-bond donors (Lipinski definition) is 4. The first-order valence-corrected chi connectivity index (χ1v) is 10.5. The molecule has 1 aliphatic rings. The molecule has 11 heteroatoms. The molecule has 162 valence electrons. The smallest absolute Gasteiger partial charge is 0.333 e. The zero-order valence-corrected chi connectivity index (χ0v) is 18.0. The summed E-state index contributed by atoms with van der Waals surface area (Å²) in [6, 6.07) is 12.5. The van der Waals surface area contributed by atoms with Gasteiger partial charge in [0.2, 0.25) is 5.95 Å². The SMILES string of the molecule is N=c1c2cnc(Nc3ccc(N4CC(O)C4)cc3)nc2[nH]c(=O)n1-c1c(Cl)cccc1Cl. The average molecular weight is 470 g/mol. The van der Waals surface area contributed by atoms with Crippen molar-refractivity contribution in [3.05, 3.63) is 74.7 Å². The fourth-order valence-electron chi connectivity index (χ4n) is 3.56. The van der Waals surface area contributed by atoms with Crippen LogP contribution in [-0.4, -0.2) is 43.8 Å². The summed E-state index contributed by atoms with van der Waals surface area (Å²) in [5, 5.41) is 21.9. The second kappa shape index (κ2) is 7.94. The molecule has 0 saturated carbocycles. The van der Waals surface area contributed by atoms with Crippen molar-refractivity contribution in [3.63, 3.8) is 0 Å². The van der Waals surface area contributed by atoms with Gasteiger partial charge in [-0.25, -0.2) is 14.3 Å². The van der Waals surface area contributed by atoms with Crippen molar-refractivity contribution in [2.45, 2.75) is 6.10 Å². The Kier molecular flexibility index (Phi) is 5.09. The minimum absolute atomic E-state index is 0.133. The highest BCUT2D eigenvalue weighted by atomic mass is 35.5. The highest BCUT2D eigenvalue weighted by Crippen LogP contribution is 2.27. The van der Waals surface area contributed by atoms with Gasteiger partial charge in [0.15, 0.2) is 5.65 Å². The molecule has 0 unspecified atom stereocenters. The minimum Gasteiger partial charge on any atom is -0.389 e. The summed E-state index contributed by atoms with van der Waals surface area (Å²) >= 11 is 12.5. The summed E-state index contributed by atoms with van der Waals surface area (Å²) in [6.45, 7) is 1.26. The molecular weight excluding hydrogens is 453 g/mol. The van der Waals surface area contributed by atoms with E-state index in [1.165, 1.54) is 6.20 Å². The molecule has 2 aromatic carbocycles. The van der Waals surface area contributed by atoms with Gasteiger partial charge >= 0.3 is 5.69 Å². The van der Waals surface area contributed by atoms with Gasteiger partial charge in [-0.3, -0.25) is 10.4 Å². The molecule has 9 nitrogen and oxygen atoms in total. The molecule has 0 bridgehead atoms. The van der Waals surface area contributed by atoms with Gasteiger partial charge < -0.3 is 15.3 Å². The Labute approximate surface area is 191 Å². The Balaban J connectivity index is 1.47. The Morgan fingerprint density at radius 1 is 1.12 bits per heavy atom. The molecule has 1 aliphatic heterocycles. The molecule has 5 rings (SSSR count). The average Bonchev–Trinajstić information content (AvgIpc) is 2.74. The van der Waals surface area contributed by atoms with E-state index in [1.54, 1.807) is 18.2 Å². The van der Waals surface area contributed by atoms with Crippen LogP contribution in [0, 0.1) is 5.41 Å². The number of halogens is 2. The Morgan fingerprint density at radius 2 is 1.81 bits per heavy atom. The van der Waals surface area contributed by atoms with E-state index in [2.05, 4.69) is 25.2 Å². The lowest BCUT2D eigenvalue weighted by molar-refractivity contribution is 0.142. The fourth-order valence-corrected chi connectivity index (χ4v) is 4.12. The maximum atomic E-state index is 12.8. The van der Waals surface area contributed by atoms with Gasteiger partial charge in [0.1, 0.15) is 5.49 Å². The number of hydrogen-bond acceptors (Lipinski definition) is 7. The van der Waals surface area contributed by atoms with Gasteiger partial charge in [-0.05, 0) is 36.4 Å². The number of aromatic nitrogens is 4. The third-order valence-corrected chi connectivity index (χ3v) is 5.82. The fraction of sp³-hybridized carbons (Fsp3) is 0.143. The highest BCUT2D eigenvalue weighted by Gasteiger charge is 2.24. The summed E-state index contributed by atoms with van der Waals surface area (Å²) < 4.78 is 1.09. The number of benzene rings is 2. The van der Waals surface area contributed by atoms with Crippen LogP contribution in [0.3, 0.4) is 0 Å². The molecule has 4 N–H and O–H groups in total. The molecule has 0 radical (unpaired) electrons. The lowest BCUT2D eigenvalue weighted by atomic mass is 10.1. The first-order chi connectivity index (χ1) is 15.4. The Morgan fingerprint density at radius 3 is 2.47 bits per heavy atom. The zero-order chi connectivity index (χ0) is 22.4. The van der Waals surface area contributed by atoms with E-state index in [4.69, 9.17) is 28.6 Å². The minimum atomic E-state index is -0.594. The molecule has 0 spiro atoms. The van der Waals surface area contributed by atoms with Crippen LogP contribution in [0.15, 0.2) is 53.5 Å². The molecule has 3 heterocycles. The van der Waals surface area contributed by atoms with Crippen LogP contribution in [0.5, 0.6) is 0 Å². The molecular formula is C21H17Cl2N7O2. The first kappa shape index (κ1) is 20.5. The number of H-pyrrole nitrogens is 1. The van der Waals surface area contributed by atoms with Crippen LogP contribution in [0.4, 0.5) is 17.3 Å². The third-order valence-electron chi connectivity index (χ3n) is 5.21. The van der Waals surface area contributed by atoms with Crippen LogP contribution < -0.4 is 21.4 Å². The second-order valence-electron chi connectivity index (χ2n) is 7.37. The summed E-state index contributed by atoms with van der Waals surface area (Å²) in [4.78, 5) is 26.1. The lowest BCUT2D eigenvalue weighted by Gasteiger charge is -2.37. The number of para-hydroxylation sites is 1. The van der Waals surface area contributed by atoms with Crippen molar-refractivity contribution < 1.29 is 5.11 Å². The number of aromatic amines is 1. The topological polar surface area (TPSA) is 123 Å². The molecule has 1 saturated heterocycles. The van der Waals surface area contributed by atoms with Crippen molar-refractivity contribution in [2.75, 3.05) is 23.3 Å². The number of aliphatic hydroxyl groups excluding tert-OH is 1. The molecule has 1 fully saturated rings. The quantitative estimate of drug-likeness (QED) is 0.364. The Hall–Kier alpha value is -3.40. The van der Waals surface area contributed by atoms with Crippen LogP contribution in [0.25, 0.3) is 16.7 Å². The molecule has 2 aromatic heterocycles. The van der Waals surface area contributed by atoms with Crippen LogP contribution in [0.2, 0.25) is 10.0 Å². The van der Waals surface area contributed by atoms with Crippen molar-refractivity contribution >= 4 is 51.6 Å². The van der Waals surface area contributed by atoms with Crippen molar-refractivity contribution in [3.8, 4) is 5.69 Å². The Bertz CT molecular complexity index is 1420. The first-order valence-electron chi connectivity index (χ1n) is 9.72. The predicted molar refractivity (Wildman–Crippen MR) is 123 cm³/mol. The van der Waals surface area contributed by atoms with Crippen molar-refractivity contribution in [1.29, 1.82) is 5.41 Å². The lowest BCUT2D eigenvalue weighted by Crippen LogP contribution is -2.50. The molecule has 0 atom stereocenters. The second-order valence-corrected chi connectivity index (χ2v) is 8.19. The largest absolute Gasteiger partial charge is 0.389 e. The van der Waals surface area contributed by atoms with E-state index in [0.717, 1.165) is 15.9 Å². The number of fused-ring (bicyclic) bond motifs is 1. The normalized spacial score (nSPS) is 13.9. The maximum absolute atomic E-state index is 12.8. The van der Waals surface area contributed by atoms with Crippen LogP contribution in [0.1, 0.15) is 0 Å². The molecule has 4 aromatic rings. The van der Waals surface area contributed by atoms with E-state index in [9.17, 15) is 9.90 Å². The highest BCUT2D eigenvalue weighted by molar-refractivity contribution is 6.37. The monoisotopic (exact) mass is 469 g/mol. The maximum Gasteiger partial charge on any atom is 0.333 e. The number of nitrogens with one attached hydrogen (secondary N) is 3. The molecule has 0 aliphatic carbocycles. The number of β-amino-alcohol motifs (C(OH)–C–C–N with tert-alkyl or cyclic N) is 1. The predicted octanol–water partition coefficient (Wildman–Crippen LogP) is 2.82. The van der Waals surface area contributed by atoms with E-state index in [-0.39, 0.29) is 38.9 Å². The van der Waals surface area contributed by atoms with Gasteiger partial charge in [0.05, 0.1) is 27.2 Å². The number of anilines is 3.